The lowest BCUT2D eigenvalue weighted by Crippen LogP contribution is -2.42. The fraction of sp³-hybridized carbons (Fsp3) is 0.750. The molecule has 2 rings (SSSR count). The van der Waals surface area contributed by atoms with E-state index in [-0.39, 0.29) is 12.4 Å². The van der Waals surface area contributed by atoms with Crippen molar-refractivity contribution in [3.05, 3.63) is 12.2 Å². The maximum atomic E-state index is 12.0. The monoisotopic (exact) mass is 264 g/mol. The van der Waals surface area contributed by atoms with Crippen LogP contribution in [0.1, 0.15) is 12.7 Å². The minimum absolute atomic E-state index is 0.103. The van der Waals surface area contributed by atoms with Gasteiger partial charge in [-0.3, -0.25) is 0 Å². The minimum Gasteiger partial charge on any atom is -0.315 e. The molecule has 1 aliphatic heterocycles. The van der Waals surface area contributed by atoms with Gasteiger partial charge in [-0.25, -0.2) is 8.42 Å². The maximum Gasteiger partial charge on any atom is 0.218 e. The summed E-state index contributed by atoms with van der Waals surface area (Å²) in [6.45, 7) is 2.94. The number of aromatic nitrogens is 3. The summed E-state index contributed by atoms with van der Waals surface area (Å²) in [6.07, 6.45) is 1.62. The highest BCUT2D eigenvalue weighted by Crippen LogP contribution is 2.17. The fourth-order valence-corrected chi connectivity index (χ4v) is 3.37. The molecule has 0 fully saturated rings. The van der Waals surface area contributed by atoms with Gasteiger partial charge in [0.2, 0.25) is 10.0 Å². The van der Waals surface area contributed by atoms with Crippen molar-refractivity contribution in [3.8, 4) is 0 Å². The van der Waals surface area contributed by atoms with E-state index in [9.17, 15) is 8.42 Å². The molecule has 1 unspecified atom stereocenters. The summed E-state index contributed by atoms with van der Waals surface area (Å²) in [6, 6.07) is 0. The Hall–Kier alpha value is -0.660. The van der Waals surface area contributed by atoms with Crippen molar-refractivity contribution in [3.63, 3.8) is 0 Å². The summed E-state index contributed by atoms with van der Waals surface area (Å²) in [5.74, 6) is 0.780. The molecule has 8 heteroatoms. The van der Waals surface area contributed by atoms with Gasteiger partial charge >= 0.3 is 0 Å². The first-order valence-corrected chi connectivity index (χ1v) is 7.01. The molecule has 0 saturated heterocycles. The van der Waals surface area contributed by atoms with Crippen LogP contribution in [0.15, 0.2) is 6.33 Å². The topological polar surface area (TPSA) is 68.1 Å². The Bertz CT molecular complexity index is 472. The van der Waals surface area contributed by atoms with Crippen molar-refractivity contribution in [2.45, 2.75) is 25.3 Å². The molecule has 0 N–H and O–H groups in total. The molecule has 16 heavy (non-hydrogen) atoms. The summed E-state index contributed by atoms with van der Waals surface area (Å²) in [5, 5.41) is 7.06. The van der Waals surface area contributed by atoms with Crippen LogP contribution in [0.2, 0.25) is 0 Å². The first kappa shape index (κ1) is 11.8. The lowest BCUT2D eigenvalue weighted by molar-refractivity contribution is 0.333. The number of nitrogens with zero attached hydrogens (tertiary/aromatic N) is 4. The quantitative estimate of drug-likeness (QED) is 0.724. The van der Waals surface area contributed by atoms with Gasteiger partial charge in [0, 0.05) is 19.0 Å². The lowest BCUT2D eigenvalue weighted by Gasteiger charge is -2.28. The van der Waals surface area contributed by atoms with E-state index < -0.39 is 15.3 Å². The van der Waals surface area contributed by atoms with E-state index in [0.717, 1.165) is 0 Å². The number of alkyl halides is 1. The zero-order valence-electron chi connectivity index (χ0n) is 8.87. The van der Waals surface area contributed by atoms with E-state index in [4.69, 9.17) is 11.6 Å². The smallest absolute Gasteiger partial charge is 0.218 e. The highest BCUT2D eigenvalue weighted by Gasteiger charge is 2.31. The molecular weight excluding hydrogens is 252 g/mol. The van der Waals surface area contributed by atoms with Crippen LogP contribution in [0, 0.1) is 0 Å². The normalized spacial score (nSPS) is 19.4. The molecule has 0 bridgehead atoms. The van der Waals surface area contributed by atoms with Crippen molar-refractivity contribution >= 4 is 21.6 Å². The lowest BCUT2D eigenvalue weighted by atomic mass is 10.4. The number of fused-ring (bicyclic) bond motifs is 1. The highest BCUT2D eigenvalue weighted by molar-refractivity contribution is 7.89. The third-order valence-corrected chi connectivity index (χ3v) is 5.55. The molecule has 0 aromatic carbocycles. The first-order chi connectivity index (χ1) is 7.55. The van der Waals surface area contributed by atoms with Gasteiger partial charge < -0.3 is 4.57 Å². The molecule has 1 atom stereocenters. The largest absolute Gasteiger partial charge is 0.315 e. The van der Waals surface area contributed by atoms with E-state index in [1.165, 1.54) is 4.31 Å². The molecule has 1 aromatic rings. The number of rotatable bonds is 3. The molecule has 0 spiro atoms. The number of hydrogen-bond acceptors (Lipinski definition) is 4. The zero-order valence-corrected chi connectivity index (χ0v) is 10.4. The van der Waals surface area contributed by atoms with Gasteiger partial charge in [-0.1, -0.05) is 0 Å². The van der Waals surface area contributed by atoms with Crippen LogP contribution in [0.4, 0.5) is 0 Å². The summed E-state index contributed by atoms with van der Waals surface area (Å²) in [5.41, 5.74) is 0. The SMILES string of the molecule is CC(CCl)S(=O)(=O)N1CCn2cnnc2C1. The molecule has 1 aliphatic rings. The van der Waals surface area contributed by atoms with Crippen molar-refractivity contribution in [2.24, 2.45) is 0 Å². The second-order valence-corrected chi connectivity index (χ2v) is 6.44. The summed E-state index contributed by atoms with van der Waals surface area (Å²) < 4.78 is 27.3. The Balaban J connectivity index is 2.21. The average Bonchev–Trinajstić information content (AvgIpc) is 2.74. The van der Waals surface area contributed by atoms with Gasteiger partial charge in [0.05, 0.1) is 11.8 Å². The fourth-order valence-electron chi connectivity index (χ4n) is 1.60. The van der Waals surface area contributed by atoms with Crippen LogP contribution in [-0.4, -0.2) is 45.2 Å². The van der Waals surface area contributed by atoms with Crippen LogP contribution in [-0.2, 0) is 23.1 Å². The number of sulfonamides is 1. The molecule has 90 valence electrons. The molecule has 0 radical (unpaired) electrons. The van der Waals surface area contributed by atoms with Crippen LogP contribution in [0.25, 0.3) is 0 Å². The van der Waals surface area contributed by atoms with Crippen molar-refractivity contribution in [1.82, 2.24) is 19.1 Å². The molecule has 0 aliphatic carbocycles. The Labute approximate surface area is 99.3 Å². The van der Waals surface area contributed by atoms with Gasteiger partial charge in [0.25, 0.3) is 0 Å². The van der Waals surface area contributed by atoms with Crippen LogP contribution in [0.3, 0.4) is 0 Å². The van der Waals surface area contributed by atoms with Gasteiger partial charge in [-0.15, -0.1) is 21.8 Å². The molecule has 0 saturated carbocycles. The Kier molecular flexibility index (Phi) is 3.18. The average molecular weight is 265 g/mol. The van der Waals surface area contributed by atoms with E-state index in [2.05, 4.69) is 10.2 Å². The van der Waals surface area contributed by atoms with Crippen molar-refractivity contribution in [2.75, 3.05) is 12.4 Å². The summed E-state index contributed by atoms with van der Waals surface area (Å²) in [7, 11) is -3.31. The zero-order chi connectivity index (χ0) is 11.8. The molecule has 1 aromatic heterocycles. The van der Waals surface area contributed by atoms with Crippen LogP contribution in [0.5, 0.6) is 0 Å². The second-order valence-electron chi connectivity index (χ2n) is 3.78. The Morgan fingerprint density at radius 2 is 2.31 bits per heavy atom. The maximum absolute atomic E-state index is 12.0. The molecule has 0 amide bonds. The number of hydrogen-bond donors (Lipinski definition) is 0. The van der Waals surface area contributed by atoms with E-state index in [1.807, 2.05) is 4.57 Å². The van der Waals surface area contributed by atoms with Crippen LogP contribution < -0.4 is 0 Å². The van der Waals surface area contributed by atoms with Gasteiger partial charge in [-0.05, 0) is 6.92 Å². The van der Waals surface area contributed by atoms with Gasteiger partial charge in [-0.2, -0.15) is 4.31 Å². The molecule has 2 heterocycles. The van der Waals surface area contributed by atoms with E-state index >= 15 is 0 Å². The van der Waals surface area contributed by atoms with Crippen LogP contribution >= 0.6 is 11.6 Å². The highest BCUT2D eigenvalue weighted by atomic mass is 35.5. The molecular formula is C8H13ClN4O2S. The predicted octanol–water partition coefficient (Wildman–Crippen LogP) is 0.0508. The van der Waals surface area contributed by atoms with E-state index in [1.54, 1.807) is 13.3 Å². The Morgan fingerprint density at radius 1 is 1.56 bits per heavy atom. The summed E-state index contributed by atoms with van der Waals surface area (Å²) >= 11 is 5.60. The Morgan fingerprint density at radius 3 is 3.00 bits per heavy atom. The second kappa shape index (κ2) is 4.31. The first-order valence-electron chi connectivity index (χ1n) is 4.97. The van der Waals surface area contributed by atoms with Gasteiger partial charge in [0.15, 0.2) is 0 Å². The van der Waals surface area contributed by atoms with Crippen molar-refractivity contribution < 1.29 is 8.42 Å². The third kappa shape index (κ3) is 1.94. The van der Waals surface area contributed by atoms with Crippen molar-refractivity contribution in [1.29, 1.82) is 0 Å². The van der Waals surface area contributed by atoms with Gasteiger partial charge in [0.1, 0.15) is 12.2 Å². The third-order valence-electron chi connectivity index (χ3n) is 2.69. The standard InChI is InChI=1S/C8H13ClN4O2S/c1-7(4-9)16(14,15)13-3-2-12-6-10-11-8(12)5-13/h6-7H,2-5H2,1H3. The van der Waals surface area contributed by atoms with E-state index in [0.29, 0.717) is 18.9 Å². The minimum atomic E-state index is -3.31. The summed E-state index contributed by atoms with van der Waals surface area (Å²) in [4.78, 5) is 0. The number of halogens is 1. The predicted molar refractivity (Wildman–Crippen MR) is 59.5 cm³/mol. The molecule has 6 nitrogen and oxygen atoms in total.